The molecule has 0 aliphatic carbocycles. The first-order valence-electron chi connectivity index (χ1n) is 12.0. The zero-order chi connectivity index (χ0) is 22.6. The number of fused-ring (bicyclic) bond motifs is 1. The zero-order valence-corrected chi connectivity index (χ0v) is 19.5. The lowest BCUT2D eigenvalue weighted by atomic mass is 9.72. The molecule has 6 rings (SSSR count). The Hall–Kier alpha value is -3.06. The summed E-state index contributed by atoms with van der Waals surface area (Å²) >= 11 is 0. The van der Waals surface area contributed by atoms with Crippen LogP contribution in [0.15, 0.2) is 48.8 Å². The second kappa shape index (κ2) is 7.76. The molecule has 0 saturated carbocycles. The van der Waals surface area contributed by atoms with Crippen LogP contribution in [-0.2, 0) is 4.79 Å². The minimum atomic E-state index is 0.530. The third kappa shape index (κ3) is 3.55. The molecular formula is C26H32N6O. The number of anilines is 2. The van der Waals surface area contributed by atoms with E-state index in [1.165, 1.54) is 48.7 Å². The highest BCUT2D eigenvalue weighted by Crippen LogP contribution is 2.43. The molecule has 0 N–H and O–H groups in total. The summed E-state index contributed by atoms with van der Waals surface area (Å²) in [5, 5.41) is 4.54. The van der Waals surface area contributed by atoms with Gasteiger partial charge in [-0.05, 0) is 43.7 Å². The average Bonchev–Trinajstić information content (AvgIpc) is 3.22. The Kier molecular flexibility index (Phi) is 4.83. The molecule has 3 aliphatic rings. The van der Waals surface area contributed by atoms with Gasteiger partial charge in [0.2, 0.25) is 6.41 Å². The van der Waals surface area contributed by atoms with Crippen LogP contribution in [-0.4, -0.2) is 84.2 Å². The average molecular weight is 445 g/mol. The van der Waals surface area contributed by atoms with Gasteiger partial charge in [-0.3, -0.25) is 9.69 Å². The van der Waals surface area contributed by atoms with Gasteiger partial charge in [-0.2, -0.15) is 5.10 Å². The number of benzene rings is 1. The molecule has 7 heteroatoms. The Morgan fingerprint density at radius 1 is 0.909 bits per heavy atom. The summed E-state index contributed by atoms with van der Waals surface area (Å²) in [5.41, 5.74) is 6.54. The van der Waals surface area contributed by atoms with Crippen molar-refractivity contribution in [3.8, 4) is 11.1 Å². The minimum Gasteiger partial charge on any atom is -0.370 e. The summed E-state index contributed by atoms with van der Waals surface area (Å²) in [5.74, 6) is 0. The fourth-order valence-electron chi connectivity index (χ4n) is 5.68. The number of carbonyl (C=O) groups is 1. The SMILES string of the molecule is CC(C)N1CC2(CN(c3ccc(-c4cc5c(N6CCN(C=O)CC6)ccnn5c4)cc3)C2)C1. The van der Waals surface area contributed by atoms with Crippen LogP contribution in [0.3, 0.4) is 0 Å². The predicted octanol–water partition coefficient (Wildman–Crippen LogP) is 2.81. The molecule has 0 radical (unpaired) electrons. The smallest absolute Gasteiger partial charge is 0.209 e. The van der Waals surface area contributed by atoms with Crippen molar-refractivity contribution >= 4 is 23.3 Å². The summed E-state index contributed by atoms with van der Waals surface area (Å²) in [6.45, 7) is 12.7. The van der Waals surface area contributed by atoms with Gasteiger partial charge in [-0.25, -0.2) is 4.52 Å². The number of hydrogen-bond acceptors (Lipinski definition) is 5. The van der Waals surface area contributed by atoms with Crippen molar-refractivity contribution in [2.24, 2.45) is 5.41 Å². The van der Waals surface area contributed by atoms with Gasteiger partial charge in [0.15, 0.2) is 0 Å². The number of nitrogens with zero attached hydrogens (tertiary/aromatic N) is 6. The van der Waals surface area contributed by atoms with E-state index in [4.69, 9.17) is 0 Å². The van der Waals surface area contributed by atoms with Crippen LogP contribution in [0.25, 0.3) is 16.6 Å². The Labute approximate surface area is 195 Å². The van der Waals surface area contributed by atoms with Crippen LogP contribution in [0.4, 0.5) is 11.4 Å². The van der Waals surface area contributed by atoms with Crippen molar-refractivity contribution in [1.82, 2.24) is 19.4 Å². The molecule has 0 atom stereocenters. The van der Waals surface area contributed by atoms with E-state index >= 15 is 0 Å². The number of hydrogen-bond donors (Lipinski definition) is 0. The van der Waals surface area contributed by atoms with Crippen LogP contribution < -0.4 is 9.80 Å². The number of amides is 1. The number of carbonyl (C=O) groups excluding carboxylic acids is 1. The fraction of sp³-hybridized carbons (Fsp3) is 0.462. The molecule has 5 heterocycles. The first kappa shape index (κ1) is 20.5. The molecular weight excluding hydrogens is 412 g/mol. The van der Waals surface area contributed by atoms with E-state index in [1.807, 2.05) is 15.6 Å². The molecule has 172 valence electrons. The molecule has 7 nitrogen and oxygen atoms in total. The summed E-state index contributed by atoms with van der Waals surface area (Å²) in [4.78, 5) is 20.3. The van der Waals surface area contributed by atoms with Crippen LogP contribution >= 0.6 is 0 Å². The largest absolute Gasteiger partial charge is 0.370 e. The van der Waals surface area contributed by atoms with Gasteiger partial charge in [-0.1, -0.05) is 12.1 Å². The zero-order valence-electron chi connectivity index (χ0n) is 19.5. The van der Waals surface area contributed by atoms with Gasteiger partial charge in [0.25, 0.3) is 0 Å². The van der Waals surface area contributed by atoms with Crippen molar-refractivity contribution in [2.75, 3.05) is 62.2 Å². The lowest BCUT2D eigenvalue weighted by Crippen LogP contribution is -2.73. The van der Waals surface area contributed by atoms with Crippen LogP contribution in [0.5, 0.6) is 0 Å². The Morgan fingerprint density at radius 3 is 2.30 bits per heavy atom. The molecule has 3 aromatic rings. The van der Waals surface area contributed by atoms with Gasteiger partial charge < -0.3 is 14.7 Å². The molecule has 0 unspecified atom stereocenters. The maximum absolute atomic E-state index is 11.0. The molecule has 3 fully saturated rings. The minimum absolute atomic E-state index is 0.530. The van der Waals surface area contributed by atoms with Gasteiger partial charge in [0.1, 0.15) is 0 Å². The van der Waals surface area contributed by atoms with Crippen molar-refractivity contribution in [2.45, 2.75) is 19.9 Å². The monoisotopic (exact) mass is 444 g/mol. The van der Waals surface area contributed by atoms with Crippen molar-refractivity contribution in [1.29, 1.82) is 0 Å². The topological polar surface area (TPSA) is 47.3 Å². The first-order chi connectivity index (χ1) is 16.0. The molecule has 1 aromatic carbocycles. The summed E-state index contributed by atoms with van der Waals surface area (Å²) < 4.78 is 1.97. The van der Waals surface area contributed by atoms with Gasteiger partial charge in [-0.15, -0.1) is 0 Å². The van der Waals surface area contributed by atoms with Gasteiger partial charge >= 0.3 is 0 Å². The Bertz CT molecular complexity index is 1150. The second-order valence-electron chi connectivity index (χ2n) is 10.3. The van der Waals surface area contributed by atoms with Crippen LogP contribution in [0.1, 0.15) is 13.8 Å². The molecule has 0 bridgehead atoms. The fourth-order valence-corrected chi connectivity index (χ4v) is 5.68. The van der Waals surface area contributed by atoms with Gasteiger partial charge in [0, 0.05) is 87.5 Å². The molecule has 3 aliphatic heterocycles. The first-order valence-corrected chi connectivity index (χ1v) is 12.0. The highest BCUT2D eigenvalue weighted by molar-refractivity contribution is 5.80. The van der Waals surface area contributed by atoms with E-state index < -0.39 is 0 Å². The Morgan fingerprint density at radius 2 is 1.64 bits per heavy atom. The lowest BCUT2D eigenvalue weighted by Gasteiger charge is -2.62. The molecule has 2 aromatic heterocycles. The number of piperazine rings is 1. The van der Waals surface area contributed by atoms with E-state index in [0.717, 1.165) is 38.1 Å². The maximum atomic E-state index is 11.0. The van der Waals surface area contributed by atoms with Crippen LogP contribution in [0, 0.1) is 5.41 Å². The number of aromatic nitrogens is 2. The predicted molar refractivity (Wildman–Crippen MR) is 132 cm³/mol. The van der Waals surface area contributed by atoms with E-state index in [9.17, 15) is 4.79 Å². The third-order valence-corrected chi connectivity index (χ3v) is 7.72. The second-order valence-corrected chi connectivity index (χ2v) is 10.3. The summed E-state index contributed by atoms with van der Waals surface area (Å²) in [6, 6.07) is 14.0. The van der Waals surface area contributed by atoms with E-state index in [1.54, 1.807) is 0 Å². The highest BCUT2D eigenvalue weighted by Gasteiger charge is 2.52. The van der Waals surface area contributed by atoms with Crippen molar-refractivity contribution in [3.05, 3.63) is 48.8 Å². The van der Waals surface area contributed by atoms with Crippen molar-refractivity contribution < 1.29 is 4.79 Å². The van der Waals surface area contributed by atoms with E-state index in [2.05, 4.69) is 76.2 Å². The molecule has 1 spiro atoms. The quantitative estimate of drug-likeness (QED) is 0.567. The van der Waals surface area contributed by atoms with Crippen LogP contribution in [0.2, 0.25) is 0 Å². The number of rotatable bonds is 5. The normalized spacial score (nSPS) is 20.4. The standard InChI is InChI=1S/C26H32N6O/c1-20(2)30-15-26(16-30)17-31(18-26)23-5-3-21(4-6-23)22-13-25-24(7-8-27-32(25)14-22)29-11-9-28(19-33)10-12-29/h3-8,13-14,19-20H,9-12,15-18H2,1-2H3. The summed E-state index contributed by atoms with van der Waals surface area (Å²) in [6.07, 6.45) is 4.93. The van der Waals surface area contributed by atoms with Crippen molar-refractivity contribution in [3.63, 3.8) is 0 Å². The van der Waals surface area contributed by atoms with E-state index in [-0.39, 0.29) is 0 Å². The van der Waals surface area contributed by atoms with Gasteiger partial charge in [0.05, 0.1) is 11.2 Å². The highest BCUT2D eigenvalue weighted by atomic mass is 16.1. The summed E-state index contributed by atoms with van der Waals surface area (Å²) in [7, 11) is 0. The molecule has 1 amide bonds. The lowest BCUT2D eigenvalue weighted by molar-refractivity contribution is -0.118. The molecule has 33 heavy (non-hydrogen) atoms. The maximum Gasteiger partial charge on any atom is 0.209 e. The number of likely N-dealkylation sites (tertiary alicyclic amines) is 1. The third-order valence-electron chi connectivity index (χ3n) is 7.72. The van der Waals surface area contributed by atoms with E-state index in [0.29, 0.717) is 11.5 Å². The Balaban J connectivity index is 1.17. The molecule has 3 saturated heterocycles.